The zero-order chi connectivity index (χ0) is 9.73. The molecule has 1 saturated carbocycles. The topological polar surface area (TPSA) is 29.3 Å². The van der Waals surface area contributed by atoms with Crippen molar-refractivity contribution in [2.24, 2.45) is 5.73 Å². The van der Waals surface area contributed by atoms with Crippen LogP contribution in [0, 0.1) is 0 Å². The molecule has 0 aromatic rings. The Kier molecular flexibility index (Phi) is 3.94. The van der Waals surface area contributed by atoms with Gasteiger partial charge in [-0.15, -0.1) is 6.58 Å². The molecular formula is C11H22N2. The van der Waals surface area contributed by atoms with Crippen LogP contribution in [0.4, 0.5) is 0 Å². The molecule has 0 aliphatic heterocycles. The maximum Gasteiger partial charge on any atom is 0.0283 e. The number of nitrogens with zero attached hydrogens (tertiary/aromatic N) is 1. The molecule has 1 aliphatic rings. The Balaban J connectivity index is 2.09. The summed E-state index contributed by atoms with van der Waals surface area (Å²) in [5.41, 5.74) is 6.29. The van der Waals surface area contributed by atoms with Crippen LogP contribution in [0.2, 0.25) is 0 Å². The largest absolute Gasteiger partial charge is 0.324 e. The Morgan fingerprint density at radius 1 is 1.54 bits per heavy atom. The highest BCUT2D eigenvalue weighted by atomic mass is 15.1. The lowest BCUT2D eigenvalue weighted by Crippen LogP contribution is -2.54. The summed E-state index contributed by atoms with van der Waals surface area (Å²) in [5, 5.41) is 0. The maximum absolute atomic E-state index is 6.15. The molecule has 0 spiro atoms. The van der Waals surface area contributed by atoms with Gasteiger partial charge in [0, 0.05) is 12.1 Å². The minimum Gasteiger partial charge on any atom is -0.324 e. The van der Waals surface area contributed by atoms with Gasteiger partial charge in [0.05, 0.1) is 0 Å². The Hall–Kier alpha value is -0.340. The number of allylic oxidation sites excluding steroid dienone is 1. The molecular weight excluding hydrogens is 160 g/mol. The van der Waals surface area contributed by atoms with Gasteiger partial charge in [-0.3, -0.25) is 0 Å². The second-order valence-corrected chi connectivity index (χ2v) is 4.38. The fraction of sp³-hybridized carbons (Fsp3) is 0.818. The van der Waals surface area contributed by atoms with Crippen molar-refractivity contribution in [2.45, 2.75) is 37.6 Å². The van der Waals surface area contributed by atoms with E-state index in [2.05, 4.69) is 18.5 Å². The maximum atomic E-state index is 6.15. The predicted molar refractivity (Wildman–Crippen MR) is 57.7 cm³/mol. The van der Waals surface area contributed by atoms with Crippen LogP contribution in [0.15, 0.2) is 12.7 Å². The van der Waals surface area contributed by atoms with E-state index in [0.717, 1.165) is 19.5 Å². The van der Waals surface area contributed by atoms with E-state index in [1.165, 1.54) is 25.7 Å². The quantitative estimate of drug-likeness (QED) is 0.501. The second-order valence-electron chi connectivity index (χ2n) is 4.38. The van der Waals surface area contributed by atoms with Gasteiger partial charge in [-0.2, -0.15) is 0 Å². The zero-order valence-electron chi connectivity index (χ0n) is 8.76. The summed E-state index contributed by atoms with van der Waals surface area (Å²) in [7, 11) is 2.16. The lowest BCUT2D eigenvalue weighted by atomic mass is 9.77. The number of hydrogen-bond acceptors (Lipinski definition) is 2. The molecule has 1 fully saturated rings. The molecule has 2 heteroatoms. The molecule has 76 valence electrons. The molecule has 0 bridgehead atoms. The number of rotatable bonds is 6. The Bertz CT molecular complexity index is 161. The summed E-state index contributed by atoms with van der Waals surface area (Å²) in [6.07, 6.45) is 8.03. The summed E-state index contributed by atoms with van der Waals surface area (Å²) in [6, 6.07) is 0. The first-order valence-corrected chi connectivity index (χ1v) is 5.25. The molecule has 1 aliphatic carbocycles. The van der Waals surface area contributed by atoms with Gasteiger partial charge >= 0.3 is 0 Å². The van der Waals surface area contributed by atoms with Crippen LogP contribution in [0.5, 0.6) is 0 Å². The normalized spacial score (nSPS) is 19.9. The zero-order valence-corrected chi connectivity index (χ0v) is 8.76. The summed E-state index contributed by atoms with van der Waals surface area (Å²) in [5.74, 6) is 0. The summed E-state index contributed by atoms with van der Waals surface area (Å²) in [4.78, 5) is 2.35. The van der Waals surface area contributed by atoms with Crippen LogP contribution in [0.25, 0.3) is 0 Å². The van der Waals surface area contributed by atoms with Crippen LogP contribution in [-0.4, -0.2) is 30.6 Å². The first-order valence-electron chi connectivity index (χ1n) is 5.25. The van der Waals surface area contributed by atoms with E-state index in [0.29, 0.717) is 0 Å². The van der Waals surface area contributed by atoms with Crippen LogP contribution in [0.3, 0.4) is 0 Å². The predicted octanol–water partition coefficient (Wildman–Crippen LogP) is 1.77. The molecule has 2 N–H and O–H groups in total. The van der Waals surface area contributed by atoms with Crippen molar-refractivity contribution in [3.8, 4) is 0 Å². The van der Waals surface area contributed by atoms with E-state index in [4.69, 9.17) is 5.73 Å². The standard InChI is InChI=1S/C11H22N2/c1-3-4-5-9-13(2)10-11(12)7-6-8-11/h3H,1,4-10,12H2,2H3. The molecule has 0 aromatic carbocycles. The average Bonchev–Trinajstić information content (AvgIpc) is 2.02. The first kappa shape index (κ1) is 10.7. The fourth-order valence-corrected chi connectivity index (χ4v) is 1.91. The molecule has 0 amide bonds. The van der Waals surface area contributed by atoms with Crippen molar-refractivity contribution in [1.29, 1.82) is 0 Å². The van der Waals surface area contributed by atoms with Gasteiger partial charge in [-0.1, -0.05) is 6.08 Å². The van der Waals surface area contributed by atoms with Crippen LogP contribution < -0.4 is 5.73 Å². The average molecular weight is 182 g/mol. The third-order valence-electron chi connectivity index (χ3n) is 2.88. The lowest BCUT2D eigenvalue weighted by molar-refractivity contribution is 0.164. The SMILES string of the molecule is C=CCCCN(C)CC1(N)CCC1. The van der Waals surface area contributed by atoms with Crippen molar-refractivity contribution in [3.05, 3.63) is 12.7 Å². The molecule has 0 heterocycles. The third kappa shape index (κ3) is 3.49. The van der Waals surface area contributed by atoms with Crippen LogP contribution in [0.1, 0.15) is 32.1 Å². The number of unbranched alkanes of at least 4 members (excludes halogenated alkanes) is 1. The third-order valence-corrected chi connectivity index (χ3v) is 2.88. The van der Waals surface area contributed by atoms with Crippen molar-refractivity contribution >= 4 is 0 Å². The highest BCUT2D eigenvalue weighted by Crippen LogP contribution is 2.29. The van der Waals surface area contributed by atoms with Crippen LogP contribution >= 0.6 is 0 Å². The van der Waals surface area contributed by atoms with Crippen molar-refractivity contribution in [3.63, 3.8) is 0 Å². The van der Waals surface area contributed by atoms with E-state index >= 15 is 0 Å². The molecule has 0 unspecified atom stereocenters. The van der Waals surface area contributed by atoms with Gasteiger partial charge in [-0.25, -0.2) is 0 Å². The highest BCUT2D eigenvalue weighted by molar-refractivity contribution is 4.94. The van der Waals surface area contributed by atoms with E-state index in [9.17, 15) is 0 Å². The second kappa shape index (κ2) is 4.77. The van der Waals surface area contributed by atoms with Gasteiger partial charge in [0.25, 0.3) is 0 Å². The summed E-state index contributed by atoms with van der Waals surface area (Å²) < 4.78 is 0. The monoisotopic (exact) mass is 182 g/mol. The highest BCUT2D eigenvalue weighted by Gasteiger charge is 2.33. The molecule has 2 nitrogen and oxygen atoms in total. The van der Waals surface area contributed by atoms with Gasteiger partial charge in [0.15, 0.2) is 0 Å². The number of likely N-dealkylation sites (N-methyl/N-ethyl adjacent to an activating group) is 1. The minimum atomic E-state index is 0.142. The molecule has 0 atom stereocenters. The molecule has 0 aromatic heterocycles. The minimum absolute atomic E-state index is 0.142. The van der Waals surface area contributed by atoms with Crippen molar-refractivity contribution < 1.29 is 0 Å². The number of nitrogens with two attached hydrogens (primary N) is 1. The summed E-state index contributed by atoms with van der Waals surface area (Å²) >= 11 is 0. The van der Waals surface area contributed by atoms with E-state index in [-0.39, 0.29) is 5.54 Å². The molecule has 13 heavy (non-hydrogen) atoms. The van der Waals surface area contributed by atoms with Gasteiger partial charge in [0.1, 0.15) is 0 Å². The van der Waals surface area contributed by atoms with Gasteiger partial charge in [0.2, 0.25) is 0 Å². The number of hydrogen-bond donors (Lipinski definition) is 1. The summed E-state index contributed by atoms with van der Waals surface area (Å²) in [6.45, 7) is 5.92. The van der Waals surface area contributed by atoms with Crippen LogP contribution in [-0.2, 0) is 0 Å². The van der Waals surface area contributed by atoms with Gasteiger partial charge < -0.3 is 10.6 Å². The van der Waals surface area contributed by atoms with E-state index in [1.807, 2.05) is 6.08 Å². The van der Waals surface area contributed by atoms with Crippen molar-refractivity contribution in [1.82, 2.24) is 4.90 Å². The Morgan fingerprint density at radius 3 is 2.69 bits per heavy atom. The Labute approximate surface area is 81.8 Å². The first-order chi connectivity index (χ1) is 6.16. The Morgan fingerprint density at radius 2 is 2.23 bits per heavy atom. The van der Waals surface area contributed by atoms with Crippen molar-refractivity contribution in [2.75, 3.05) is 20.1 Å². The molecule has 0 radical (unpaired) electrons. The van der Waals surface area contributed by atoms with Gasteiger partial charge in [-0.05, 0) is 45.7 Å². The molecule has 1 rings (SSSR count). The van der Waals surface area contributed by atoms with E-state index in [1.54, 1.807) is 0 Å². The lowest BCUT2D eigenvalue weighted by Gasteiger charge is -2.41. The molecule has 0 saturated heterocycles. The fourth-order valence-electron chi connectivity index (χ4n) is 1.91. The van der Waals surface area contributed by atoms with E-state index < -0.39 is 0 Å². The smallest absolute Gasteiger partial charge is 0.0283 e.